The fourth-order valence-electron chi connectivity index (χ4n) is 1.82. The van der Waals surface area contributed by atoms with Gasteiger partial charge in [-0.15, -0.1) is 11.3 Å². The van der Waals surface area contributed by atoms with E-state index in [1.165, 1.54) is 12.1 Å². The van der Waals surface area contributed by atoms with Crippen molar-refractivity contribution in [1.82, 2.24) is 10.3 Å². The average Bonchev–Trinajstić information content (AvgIpc) is 3.00. The number of nitrogens with zero attached hydrogens (tertiary/aromatic N) is 1. The number of benzene rings is 1. The summed E-state index contributed by atoms with van der Waals surface area (Å²) in [7, 11) is -3.72. The van der Waals surface area contributed by atoms with Gasteiger partial charge in [-0.25, -0.2) is 13.4 Å². The molecule has 1 aromatic heterocycles. The number of hydrogen-bond donors (Lipinski definition) is 2. The summed E-state index contributed by atoms with van der Waals surface area (Å²) in [4.78, 5) is 27.1. The molecule has 25 heavy (non-hydrogen) atoms. The third-order valence-electron chi connectivity index (χ3n) is 2.90. The van der Waals surface area contributed by atoms with Crippen LogP contribution < -0.4 is 10.0 Å². The molecule has 0 fully saturated rings. The quantitative estimate of drug-likeness (QED) is 0.661. The minimum Gasteiger partial charge on any atom is -0.465 e. The molecule has 0 aliphatic heterocycles. The van der Waals surface area contributed by atoms with Crippen molar-refractivity contribution in [3.05, 3.63) is 41.4 Å². The molecule has 0 unspecified atom stereocenters. The first-order valence-electron chi connectivity index (χ1n) is 7.35. The van der Waals surface area contributed by atoms with E-state index in [2.05, 4.69) is 15.0 Å². The van der Waals surface area contributed by atoms with Crippen LogP contribution in [-0.2, 0) is 30.8 Å². The summed E-state index contributed by atoms with van der Waals surface area (Å²) in [5.41, 5.74) is 0.400. The number of rotatable bonds is 8. The Morgan fingerprint density at radius 2 is 1.96 bits per heavy atom. The lowest BCUT2D eigenvalue weighted by atomic mass is 10.3. The van der Waals surface area contributed by atoms with E-state index in [9.17, 15) is 18.0 Å². The first-order chi connectivity index (χ1) is 11.9. The first-order valence-corrected chi connectivity index (χ1v) is 9.71. The van der Waals surface area contributed by atoms with E-state index in [0.29, 0.717) is 5.69 Å². The zero-order valence-electron chi connectivity index (χ0n) is 13.4. The monoisotopic (exact) mass is 383 g/mol. The first kappa shape index (κ1) is 18.9. The Morgan fingerprint density at radius 3 is 2.64 bits per heavy atom. The maximum absolute atomic E-state index is 12.2. The molecule has 8 nitrogen and oxygen atoms in total. The van der Waals surface area contributed by atoms with Crippen LogP contribution in [0.5, 0.6) is 0 Å². The molecule has 2 rings (SSSR count). The van der Waals surface area contributed by atoms with Crippen molar-refractivity contribution in [2.45, 2.75) is 18.2 Å². The summed E-state index contributed by atoms with van der Waals surface area (Å²) in [6.45, 7) is 1.70. The second kappa shape index (κ2) is 8.58. The fraction of sp³-hybridized carbons (Fsp3) is 0.267. The highest BCUT2D eigenvalue weighted by atomic mass is 32.2. The van der Waals surface area contributed by atoms with Gasteiger partial charge in [-0.1, -0.05) is 18.2 Å². The average molecular weight is 383 g/mol. The fourth-order valence-corrected chi connectivity index (χ4v) is 3.80. The second-order valence-corrected chi connectivity index (χ2v) is 7.36. The SMILES string of the molecule is CCOC(=O)CNC(=O)Cc1csc(NS(=O)(=O)c2ccccc2)n1. The lowest BCUT2D eigenvalue weighted by Gasteiger charge is -2.04. The summed E-state index contributed by atoms with van der Waals surface area (Å²) in [5, 5.41) is 4.15. The van der Waals surface area contributed by atoms with E-state index in [4.69, 9.17) is 4.74 Å². The summed E-state index contributed by atoms with van der Waals surface area (Å²) < 4.78 is 31.5. The van der Waals surface area contributed by atoms with Crippen molar-refractivity contribution in [3.63, 3.8) is 0 Å². The van der Waals surface area contributed by atoms with Gasteiger partial charge in [0.15, 0.2) is 5.13 Å². The third kappa shape index (κ3) is 5.84. The van der Waals surface area contributed by atoms with Crippen LogP contribution in [0, 0.1) is 0 Å². The van der Waals surface area contributed by atoms with Crippen LogP contribution in [0.15, 0.2) is 40.6 Å². The van der Waals surface area contributed by atoms with Gasteiger partial charge in [0.2, 0.25) is 5.91 Å². The predicted octanol–water partition coefficient (Wildman–Crippen LogP) is 1.17. The molecule has 0 spiro atoms. The maximum Gasteiger partial charge on any atom is 0.325 e. The molecule has 0 radical (unpaired) electrons. The van der Waals surface area contributed by atoms with E-state index in [0.717, 1.165) is 11.3 Å². The smallest absolute Gasteiger partial charge is 0.325 e. The van der Waals surface area contributed by atoms with Gasteiger partial charge in [-0.3, -0.25) is 14.3 Å². The molecular formula is C15H17N3O5S2. The van der Waals surface area contributed by atoms with Crippen LogP contribution in [0.2, 0.25) is 0 Å². The summed E-state index contributed by atoms with van der Waals surface area (Å²) >= 11 is 1.07. The van der Waals surface area contributed by atoms with E-state index >= 15 is 0 Å². The van der Waals surface area contributed by atoms with Gasteiger partial charge in [0.05, 0.1) is 23.6 Å². The Kier molecular flexibility index (Phi) is 6.48. The number of aromatic nitrogens is 1. The highest BCUT2D eigenvalue weighted by molar-refractivity contribution is 7.93. The predicted molar refractivity (Wildman–Crippen MR) is 92.7 cm³/mol. The van der Waals surface area contributed by atoms with Crippen LogP contribution in [0.25, 0.3) is 0 Å². The van der Waals surface area contributed by atoms with Gasteiger partial charge in [-0.05, 0) is 19.1 Å². The molecular weight excluding hydrogens is 366 g/mol. The number of carbonyl (C=O) groups excluding carboxylic acids is 2. The molecule has 0 aliphatic carbocycles. The molecule has 0 saturated heterocycles. The van der Waals surface area contributed by atoms with Crippen molar-refractivity contribution in [2.75, 3.05) is 17.9 Å². The lowest BCUT2D eigenvalue weighted by Crippen LogP contribution is -2.31. The van der Waals surface area contributed by atoms with Gasteiger partial charge in [0.25, 0.3) is 10.0 Å². The second-order valence-electron chi connectivity index (χ2n) is 4.82. The number of anilines is 1. The number of ether oxygens (including phenoxy) is 1. The molecule has 0 aliphatic rings. The number of sulfonamides is 1. The number of amides is 1. The number of carbonyl (C=O) groups is 2. The van der Waals surface area contributed by atoms with Crippen molar-refractivity contribution < 1.29 is 22.7 Å². The molecule has 1 amide bonds. The Labute approximate surface area is 149 Å². The van der Waals surface area contributed by atoms with Crippen molar-refractivity contribution in [2.24, 2.45) is 0 Å². The number of hydrogen-bond acceptors (Lipinski definition) is 7. The molecule has 0 bridgehead atoms. The topological polar surface area (TPSA) is 114 Å². The highest BCUT2D eigenvalue weighted by Crippen LogP contribution is 2.20. The van der Waals surface area contributed by atoms with Crippen LogP contribution in [-0.4, -0.2) is 38.4 Å². The van der Waals surface area contributed by atoms with Gasteiger partial charge >= 0.3 is 5.97 Å². The van der Waals surface area contributed by atoms with Gasteiger partial charge < -0.3 is 10.1 Å². The largest absolute Gasteiger partial charge is 0.465 e. The van der Waals surface area contributed by atoms with Crippen LogP contribution in [0.1, 0.15) is 12.6 Å². The molecule has 10 heteroatoms. The van der Waals surface area contributed by atoms with Gasteiger partial charge in [0.1, 0.15) is 6.54 Å². The van der Waals surface area contributed by atoms with Crippen LogP contribution in [0.4, 0.5) is 5.13 Å². The lowest BCUT2D eigenvalue weighted by molar-refractivity contribution is -0.143. The van der Waals surface area contributed by atoms with Gasteiger partial charge in [0, 0.05) is 5.38 Å². The van der Waals surface area contributed by atoms with Crippen molar-refractivity contribution >= 4 is 38.4 Å². The summed E-state index contributed by atoms with van der Waals surface area (Å²) in [6.07, 6.45) is -0.0665. The summed E-state index contributed by atoms with van der Waals surface area (Å²) in [6, 6.07) is 7.90. The molecule has 134 valence electrons. The van der Waals surface area contributed by atoms with E-state index < -0.39 is 21.9 Å². The molecule has 0 atom stereocenters. The third-order valence-corrected chi connectivity index (χ3v) is 5.19. The highest BCUT2D eigenvalue weighted by Gasteiger charge is 2.16. The molecule has 0 saturated carbocycles. The summed E-state index contributed by atoms with van der Waals surface area (Å²) in [5.74, 6) is -0.929. The van der Waals surface area contributed by atoms with Gasteiger partial charge in [-0.2, -0.15) is 0 Å². The molecule has 1 aromatic carbocycles. The number of nitrogens with one attached hydrogen (secondary N) is 2. The molecule has 1 heterocycles. The van der Waals surface area contributed by atoms with E-state index in [-0.39, 0.29) is 29.6 Å². The van der Waals surface area contributed by atoms with Crippen LogP contribution >= 0.6 is 11.3 Å². The van der Waals surface area contributed by atoms with Crippen LogP contribution in [0.3, 0.4) is 0 Å². The molecule has 2 aromatic rings. The maximum atomic E-state index is 12.2. The standard InChI is InChI=1S/C15H17N3O5S2/c1-2-23-14(20)9-16-13(19)8-11-10-24-15(17-11)18-25(21,22)12-6-4-3-5-7-12/h3-7,10H,2,8-9H2,1H3,(H,16,19)(H,17,18). The zero-order valence-corrected chi connectivity index (χ0v) is 15.0. The van der Waals surface area contributed by atoms with Crippen molar-refractivity contribution in [3.8, 4) is 0 Å². The van der Waals surface area contributed by atoms with E-state index in [1.54, 1.807) is 30.5 Å². The minimum absolute atomic E-state index is 0.0665. The van der Waals surface area contributed by atoms with E-state index in [1.807, 2.05) is 0 Å². The minimum atomic E-state index is -3.72. The normalized spacial score (nSPS) is 10.9. The Morgan fingerprint density at radius 1 is 1.24 bits per heavy atom. The van der Waals surface area contributed by atoms with Crippen molar-refractivity contribution in [1.29, 1.82) is 0 Å². The molecule has 2 N–H and O–H groups in total. The Balaban J connectivity index is 1.92. The number of esters is 1. The number of thiazole rings is 1. The Bertz CT molecular complexity index is 834. The Hall–Kier alpha value is -2.46. The zero-order chi connectivity index (χ0) is 18.3.